The van der Waals surface area contributed by atoms with Crippen molar-refractivity contribution in [1.29, 1.82) is 0 Å². The Hall–Kier alpha value is -0.570. The third-order valence-corrected chi connectivity index (χ3v) is 2.14. The van der Waals surface area contributed by atoms with Gasteiger partial charge in [-0.05, 0) is 12.8 Å². The van der Waals surface area contributed by atoms with Crippen LogP contribution in [0.1, 0.15) is 25.7 Å². The van der Waals surface area contributed by atoms with Gasteiger partial charge in [0.15, 0.2) is 0 Å². The minimum absolute atomic E-state index is 0.105. The van der Waals surface area contributed by atoms with Gasteiger partial charge < -0.3 is 10.8 Å². The lowest BCUT2D eigenvalue weighted by molar-refractivity contribution is -0.143. The van der Waals surface area contributed by atoms with Crippen LogP contribution in [0.15, 0.2) is 0 Å². The Balaban J connectivity index is 2.47. The van der Waals surface area contributed by atoms with E-state index in [1.165, 1.54) is 0 Å². The summed E-state index contributed by atoms with van der Waals surface area (Å²) in [6, 6.07) is -0.105. The first-order valence-corrected chi connectivity index (χ1v) is 3.70. The summed E-state index contributed by atoms with van der Waals surface area (Å²) in [5.41, 5.74) is 5.60. The second kappa shape index (κ2) is 3.01. The summed E-state index contributed by atoms with van der Waals surface area (Å²) in [5.74, 6) is -1.01. The third kappa shape index (κ3) is 1.48. The van der Waals surface area contributed by atoms with Gasteiger partial charge in [0.1, 0.15) is 0 Å². The summed E-state index contributed by atoms with van der Waals surface area (Å²) in [7, 11) is 0. The van der Waals surface area contributed by atoms with Crippen LogP contribution in [0.4, 0.5) is 0 Å². The highest BCUT2D eigenvalue weighted by atomic mass is 16.4. The maximum Gasteiger partial charge on any atom is 0.308 e. The monoisotopic (exact) mass is 143 g/mol. The SMILES string of the molecule is N[C@H]1CCCC[C@H]1C(=O)O. The van der Waals surface area contributed by atoms with Crippen LogP contribution in [0.3, 0.4) is 0 Å². The minimum Gasteiger partial charge on any atom is -0.481 e. The van der Waals surface area contributed by atoms with Crippen molar-refractivity contribution in [3.8, 4) is 0 Å². The summed E-state index contributed by atoms with van der Waals surface area (Å²) in [6.07, 6.45) is 3.74. The van der Waals surface area contributed by atoms with Gasteiger partial charge in [-0.1, -0.05) is 12.8 Å². The maximum absolute atomic E-state index is 10.5. The highest BCUT2D eigenvalue weighted by molar-refractivity contribution is 5.70. The van der Waals surface area contributed by atoms with E-state index in [-0.39, 0.29) is 12.0 Å². The second-order valence-corrected chi connectivity index (χ2v) is 2.89. The van der Waals surface area contributed by atoms with Crippen LogP contribution in [0, 0.1) is 5.92 Å². The molecule has 3 nitrogen and oxygen atoms in total. The first-order chi connectivity index (χ1) is 4.72. The molecule has 2 atom stereocenters. The molecule has 1 saturated carbocycles. The van der Waals surface area contributed by atoms with Crippen LogP contribution >= 0.6 is 0 Å². The quantitative estimate of drug-likeness (QED) is 0.564. The van der Waals surface area contributed by atoms with E-state index >= 15 is 0 Å². The molecule has 1 rings (SSSR count). The maximum atomic E-state index is 10.5. The van der Waals surface area contributed by atoms with Gasteiger partial charge in [0, 0.05) is 6.04 Å². The molecule has 3 N–H and O–H groups in total. The molecular weight excluding hydrogens is 130 g/mol. The van der Waals surface area contributed by atoms with Gasteiger partial charge in [-0.25, -0.2) is 0 Å². The molecule has 0 aromatic rings. The molecule has 0 saturated heterocycles. The number of rotatable bonds is 1. The Bertz CT molecular complexity index is 136. The van der Waals surface area contributed by atoms with Crippen LogP contribution in [0.5, 0.6) is 0 Å². The van der Waals surface area contributed by atoms with Gasteiger partial charge in [-0.2, -0.15) is 0 Å². The molecule has 0 unspecified atom stereocenters. The topological polar surface area (TPSA) is 63.3 Å². The molecule has 0 spiro atoms. The van der Waals surface area contributed by atoms with Gasteiger partial charge in [-0.15, -0.1) is 0 Å². The summed E-state index contributed by atoms with van der Waals surface area (Å²) >= 11 is 0. The lowest BCUT2D eigenvalue weighted by Crippen LogP contribution is -2.37. The standard InChI is InChI=1S/C7H13NO2/c8-6-4-2-1-3-5(6)7(9)10/h5-6H,1-4,8H2,(H,9,10)/t5-,6+/m1/s1. The predicted molar refractivity (Wildman–Crippen MR) is 37.6 cm³/mol. The van der Waals surface area contributed by atoms with Crippen molar-refractivity contribution < 1.29 is 9.90 Å². The molecule has 0 amide bonds. The van der Waals surface area contributed by atoms with E-state index in [0.717, 1.165) is 25.7 Å². The minimum atomic E-state index is -0.729. The Kier molecular flexibility index (Phi) is 2.27. The van der Waals surface area contributed by atoms with Crippen molar-refractivity contribution in [3.63, 3.8) is 0 Å². The van der Waals surface area contributed by atoms with Gasteiger partial charge in [0.05, 0.1) is 5.92 Å². The number of hydrogen-bond acceptors (Lipinski definition) is 2. The van der Waals surface area contributed by atoms with E-state index in [2.05, 4.69) is 0 Å². The molecule has 3 heteroatoms. The van der Waals surface area contributed by atoms with E-state index in [0.29, 0.717) is 0 Å². The van der Waals surface area contributed by atoms with E-state index < -0.39 is 5.97 Å². The van der Waals surface area contributed by atoms with Crippen LogP contribution in [0.25, 0.3) is 0 Å². The van der Waals surface area contributed by atoms with Crippen LogP contribution in [0.2, 0.25) is 0 Å². The zero-order valence-corrected chi connectivity index (χ0v) is 5.92. The van der Waals surface area contributed by atoms with Crippen molar-refractivity contribution in [2.24, 2.45) is 11.7 Å². The normalized spacial score (nSPS) is 33.7. The van der Waals surface area contributed by atoms with Crippen LogP contribution in [-0.4, -0.2) is 17.1 Å². The Morgan fingerprint density at radius 1 is 1.40 bits per heavy atom. The molecule has 0 aromatic heterocycles. The molecule has 0 radical (unpaired) electrons. The molecule has 0 aromatic carbocycles. The molecule has 0 bridgehead atoms. The largest absolute Gasteiger partial charge is 0.481 e. The Morgan fingerprint density at radius 3 is 2.40 bits per heavy atom. The molecule has 58 valence electrons. The van der Waals surface area contributed by atoms with Crippen molar-refractivity contribution in [3.05, 3.63) is 0 Å². The Morgan fingerprint density at radius 2 is 2.00 bits per heavy atom. The molecular formula is C7H13NO2. The summed E-state index contributed by atoms with van der Waals surface area (Å²) in [5, 5.41) is 8.63. The first kappa shape index (κ1) is 7.54. The zero-order valence-electron chi connectivity index (χ0n) is 5.92. The van der Waals surface area contributed by atoms with E-state index in [1.54, 1.807) is 0 Å². The summed E-state index contributed by atoms with van der Waals surface area (Å²) < 4.78 is 0. The van der Waals surface area contributed by atoms with Crippen molar-refractivity contribution in [2.75, 3.05) is 0 Å². The number of carboxylic acid groups (broad SMARTS) is 1. The molecule has 1 aliphatic carbocycles. The van der Waals surface area contributed by atoms with Crippen molar-refractivity contribution in [2.45, 2.75) is 31.7 Å². The van der Waals surface area contributed by atoms with Crippen molar-refractivity contribution >= 4 is 5.97 Å². The summed E-state index contributed by atoms with van der Waals surface area (Å²) in [4.78, 5) is 10.5. The molecule has 1 fully saturated rings. The van der Waals surface area contributed by atoms with Crippen LogP contribution in [-0.2, 0) is 4.79 Å². The number of aliphatic carboxylic acids is 1. The van der Waals surface area contributed by atoms with Crippen LogP contribution < -0.4 is 5.73 Å². The van der Waals surface area contributed by atoms with E-state index in [4.69, 9.17) is 10.8 Å². The molecule has 1 aliphatic rings. The molecule has 0 aliphatic heterocycles. The zero-order chi connectivity index (χ0) is 7.56. The lowest BCUT2D eigenvalue weighted by Gasteiger charge is -2.24. The predicted octanol–water partition coefficient (Wildman–Crippen LogP) is 0.588. The average molecular weight is 143 g/mol. The third-order valence-electron chi connectivity index (χ3n) is 2.14. The smallest absolute Gasteiger partial charge is 0.308 e. The van der Waals surface area contributed by atoms with Gasteiger partial charge >= 0.3 is 5.97 Å². The highest BCUT2D eigenvalue weighted by Crippen LogP contribution is 2.22. The van der Waals surface area contributed by atoms with Gasteiger partial charge in [0.25, 0.3) is 0 Å². The fourth-order valence-electron chi connectivity index (χ4n) is 1.47. The average Bonchev–Trinajstić information content (AvgIpc) is 1.88. The number of nitrogens with two attached hydrogens (primary N) is 1. The number of hydrogen-bond donors (Lipinski definition) is 2. The Labute approximate surface area is 60.2 Å². The lowest BCUT2D eigenvalue weighted by atomic mass is 9.85. The van der Waals surface area contributed by atoms with Crippen molar-refractivity contribution in [1.82, 2.24) is 0 Å². The summed E-state index contributed by atoms with van der Waals surface area (Å²) in [6.45, 7) is 0. The highest BCUT2D eigenvalue weighted by Gasteiger charge is 2.27. The second-order valence-electron chi connectivity index (χ2n) is 2.89. The molecule has 0 heterocycles. The fraction of sp³-hybridized carbons (Fsp3) is 0.857. The first-order valence-electron chi connectivity index (χ1n) is 3.70. The molecule has 10 heavy (non-hydrogen) atoms. The number of carbonyl (C=O) groups is 1. The van der Waals surface area contributed by atoms with Gasteiger partial charge in [0.2, 0.25) is 0 Å². The fourth-order valence-corrected chi connectivity index (χ4v) is 1.47. The number of carboxylic acids is 1. The van der Waals surface area contributed by atoms with E-state index in [1.807, 2.05) is 0 Å². The van der Waals surface area contributed by atoms with E-state index in [9.17, 15) is 4.79 Å². The van der Waals surface area contributed by atoms with Gasteiger partial charge in [-0.3, -0.25) is 4.79 Å².